The van der Waals surface area contributed by atoms with Crippen LogP contribution >= 0.6 is 27.5 Å². The Labute approximate surface area is 124 Å². The Morgan fingerprint density at radius 2 is 2.05 bits per heavy atom. The van der Waals surface area contributed by atoms with Crippen molar-refractivity contribution in [1.82, 2.24) is 0 Å². The van der Waals surface area contributed by atoms with E-state index in [9.17, 15) is 18.5 Å². The molecule has 0 radical (unpaired) electrons. The normalized spacial score (nSPS) is 11.3. The molecular weight excluding hydrogens is 360 g/mol. The van der Waals surface area contributed by atoms with Crippen molar-refractivity contribution in [3.05, 3.63) is 32.8 Å². The average Bonchev–Trinajstić information content (AvgIpc) is 2.28. The fourth-order valence-electron chi connectivity index (χ4n) is 1.34. The van der Waals surface area contributed by atoms with Gasteiger partial charge >= 0.3 is 0 Å². The summed E-state index contributed by atoms with van der Waals surface area (Å²) in [7, 11) is -3.46. The zero-order valence-corrected chi connectivity index (χ0v) is 13.0. The van der Waals surface area contributed by atoms with Crippen molar-refractivity contribution in [1.29, 1.82) is 0 Å². The summed E-state index contributed by atoms with van der Waals surface area (Å²) in [4.78, 5) is 10.1. The summed E-state index contributed by atoms with van der Waals surface area (Å²) in [6.45, 7) is 0. The van der Waals surface area contributed by atoms with E-state index in [-0.39, 0.29) is 21.6 Å². The zero-order chi connectivity index (χ0) is 14.5. The Kier molecular flexibility index (Phi) is 6.02. The lowest BCUT2D eigenvalue weighted by Crippen LogP contribution is -2.16. The van der Waals surface area contributed by atoms with Gasteiger partial charge in [0.15, 0.2) is 0 Å². The molecule has 0 amide bonds. The number of anilines is 1. The predicted octanol–water partition coefficient (Wildman–Crippen LogP) is 3.12. The van der Waals surface area contributed by atoms with Gasteiger partial charge in [-0.1, -0.05) is 0 Å². The summed E-state index contributed by atoms with van der Waals surface area (Å²) >= 11 is 8.50. The third-order valence-corrected chi connectivity index (χ3v) is 4.49. The van der Waals surface area contributed by atoms with Gasteiger partial charge in [-0.05, 0) is 40.9 Å². The Bertz CT molecular complexity index is 565. The molecule has 0 unspecified atom stereocenters. The maximum atomic E-state index is 11.7. The van der Waals surface area contributed by atoms with Crippen molar-refractivity contribution >= 4 is 48.9 Å². The number of benzene rings is 1. The minimum absolute atomic E-state index is 0.0334. The van der Waals surface area contributed by atoms with Crippen LogP contribution in [0.15, 0.2) is 22.7 Å². The van der Waals surface area contributed by atoms with Crippen LogP contribution in [0.3, 0.4) is 0 Å². The topological polar surface area (TPSA) is 89.3 Å². The molecule has 9 heteroatoms. The van der Waals surface area contributed by atoms with Crippen LogP contribution in [0.1, 0.15) is 12.8 Å². The van der Waals surface area contributed by atoms with Gasteiger partial charge in [0.25, 0.3) is 5.69 Å². The molecule has 0 bridgehead atoms. The highest BCUT2D eigenvalue weighted by molar-refractivity contribution is 9.10. The number of hydrogen-bond donors (Lipinski definition) is 1. The lowest BCUT2D eigenvalue weighted by molar-refractivity contribution is -0.385. The van der Waals surface area contributed by atoms with Crippen LogP contribution in [0.4, 0.5) is 11.4 Å². The van der Waals surface area contributed by atoms with E-state index < -0.39 is 14.9 Å². The minimum Gasteiger partial charge on any atom is -0.284 e. The number of nitrogens with zero attached hydrogens (tertiary/aromatic N) is 1. The second-order valence-electron chi connectivity index (χ2n) is 3.74. The van der Waals surface area contributed by atoms with E-state index >= 15 is 0 Å². The van der Waals surface area contributed by atoms with Crippen molar-refractivity contribution in [3.8, 4) is 0 Å². The summed E-state index contributed by atoms with van der Waals surface area (Å²) in [5.74, 6) is 0.382. The molecule has 1 aromatic carbocycles. The van der Waals surface area contributed by atoms with E-state index in [4.69, 9.17) is 11.6 Å². The van der Waals surface area contributed by atoms with Gasteiger partial charge in [-0.25, -0.2) is 8.42 Å². The Morgan fingerprint density at radius 3 is 2.58 bits per heavy atom. The predicted molar refractivity (Wildman–Crippen MR) is 78.2 cm³/mol. The molecule has 0 aromatic heterocycles. The van der Waals surface area contributed by atoms with Gasteiger partial charge in [-0.3, -0.25) is 14.8 Å². The monoisotopic (exact) mass is 370 g/mol. The average molecular weight is 372 g/mol. The van der Waals surface area contributed by atoms with Crippen LogP contribution in [0.25, 0.3) is 0 Å². The maximum Gasteiger partial charge on any atom is 0.283 e. The van der Waals surface area contributed by atoms with Crippen molar-refractivity contribution in [2.75, 3.05) is 16.4 Å². The van der Waals surface area contributed by atoms with E-state index in [1.165, 1.54) is 18.2 Å². The molecule has 0 heterocycles. The molecular formula is C10H12BrClN2O4S. The molecule has 0 atom stereocenters. The first-order valence-electron chi connectivity index (χ1n) is 5.36. The van der Waals surface area contributed by atoms with Gasteiger partial charge in [-0.15, -0.1) is 11.6 Å². The molecule has 0 saturated carbocycles. The van der Waals surface area contributed by atoms with Crippen LogP contribution in [-0.4, -0.2) is 25.0 Å². The molecule has 0 aliphatic heterocycles. The second kappa shape index (κ2) is 7.06. The molecule has 0 aliphatic carbocycles. The van der Waals surface area contributed by atoms with Gasteiger partial charge in [0.05, 0.1) is 20.8 Å². The fourth-order valence-corrected chi connectivity index (χ4v) is 3.22. The molecule has 0 spiro atoms. The molecule has 1 rings (SSSR count). The number of hydrogen-bond acceptors (Lipinski definition) is 4. The number of alkyl halides is 1. The minimum atomic E-state index is -3.46. The Hall–Kier alpha value is -0.860. The van der Waals surface area contributed by atoms with E-state index in [1.54, 1.807) is 0 Å². The molecule has 6 nitrogen and oxygen atoms in total. The SMILES string of the molecule is O=[N+]([O-])c1ccc(NS(=O)(=O)CCCCCl)cc1Br. The number of nitrogens with one attached hydrogen (secondary N) is 1. The molecule has 106 valence electrons. The van der Waals surface area contributed by atoms with E-state index in [1.807, 2.05) is 0 Å². The summed E-state index contributed by atoms with van der Waals surface area (Å²) in [6.07, 6.45) is 1.08. The van der Waals surface area contributed by atoms with Crippen LogP contribution < -0.4 is 4.72 Å². The van der Waals surface area contributed by atoms with E-state index in [2.05, 4.69) is 20.7 Å². The van der Waals surface area contributed by atoms with Crippen molar-refractivity contribution in [2.45, 2.75) is 12.8 Å². The van der Waals surface area contributed by atoms with Crippen molar-refractivity contribution in [2.24, 2.45) is 0 Å². The molecule has 0 saturated heterocycles. The Morgan fingerprint density at radius 1 is 1.37 bits per heavy atom. The van der Waals surface area contributed by atoms with Gasteiger partial charge in [0.2, 0.25) is 10.0 Å². The molecule has 0 fully saturated rings. The highest BCUT2D eigenvalue weighted by Gasteiger charge is 2.15. The van der Waals surface area contributed by atoms with Crippen LogP contribution in [-0.2, 0) is 10.0 Å². The van der Waals surface area contributed by atoms with Crippen LogP contribution in [0, 0.1) is 10.1 Å². The second-order valence-corrected chi connectivity index (χ2v) is 6.81. The number of nitro groups is 1. The number of nitro benzene ring substituents is 1. The number of sulfonamides is 1. The summed E-state index contributed by atoms with van der Waals surface area (Å²) in [5, 5.41) is 10.6. The quantitative estimate of drug-likeness (QED) is 0.345. The zero-order valence-electron chi connectivity index (χ0n) is 9.80. The van der Waals surface area contributed by atoms with Gasteiger partial charge in [0, 0.05) is 11.9 Å². The lowest BCUT2D eigenvalue weighted by Gasteiger charge is -2.08. The van der Waals surface area contributed by atoms with E-state index in [0.29, 0.717) is 18.7 Å². The molecule has 1 aromatic rings. The maximum absolute atomic E-state index is 11.7. The third-order valence-electron chi connectivity index (χ3n) is 2.21. The van der Waals surface area contributed by atoms with Gasteiger partial charge in [0.1, 0.15) is 0 Å². The first-order valence-corrected chi connectivity index (χ1v) is 8.34. The van der Waals surface area contributed by atoms with Crippen LogP contribution in [0.5, 0.6) is 0 Å². The highest BCUT2D eigenvalue weighted by atomic mass is 79.9. The molecule has 0 aliphatic rings. The van der Waals surface area contributed by atoms with Crippen molar-refractivity contribution in [3.63, 3.8) is 0 Å². The Balaban J connectivity index is 2.77. The first kappa shape index (κ1) is 16.2. The van der Waals surface area contributed by atoms with Crippen molar-refractivity contribution < 1.29 is 13.3 Å². The molecule has 1 N–H and O–H groups in total. The largest absolute Gasteiger partial charge is 0.284 e. The first-order chi connectivity index (χ1) is 8.85. The summed E-state index contributed by atoms with van der Waals surface area (Å²) in [6, 6.07) is 3.94. The summed E-state index contributed by atoms with van der Waals surface area (Å²) < 4.78 is 26.0. The fraction of sp³-hybridized carbons (Fsp3) is 0.400. The summed E-state index contributed by atoms with van der Waals surface area (Å²) in [5.41, 5.74) is 0.161. The van der Waals surface area contributed by atoms with Gasteiger partial charge < -0.3 is 0 Å². The smallest absolute Gasteiger partial charge is 0.283 e. The third kappa shape index (κ3) is 5.33. The standard InChI is InChI=1S/C10H12BrClN2O4S/c11-9-7-8(3-4-10(9)14(15)16)13-19(17,18)6-2-1-5-12/h3-4,7,13H,1-2,5-6H2. The van der Waals surface area contributed by atoms with Crippen LogP contribution in [0.2, 0.25) is 0 Å². The lowest BCUT2D eigenvalue weighted by atomic mass is 10.3. The number of halogens is 2. The molecule has 19 heavy (non-hydrogen) atoms. The highest BCUT2D eigenvalue weighted by Crippen LogP contribution is 2.28. The van der Waals surface area contributed by atoms with E-state index in [0.717, 1.165) is 0 Å². The number of unbranched alkanes of at least 4 members (excludes halogenated alkanes) is 1. The van der Waals surface area contributed by atoms with Gasteiger partial charge in [-0.2, -0.15) is 0 Å². The number of rotatable bonds is 7.